The van der Waals surface area contributed by atoms with E-state index < -0.39 is 0 Å². The van der Waals surface area contributed by atoms with Crippen molar-refractivity contribution in [1.82, 2.24) is 5.32 Å². The highest BCUT2D eigenvalue weighted by molar-refractivity contribution is 8.00. The molecule has 0 radical (unpaired) electrons. The van der Waals surface area contributed by atoms with Gasteiger partial charge in [0.05, 0.1) is 11.8 Å². The van der Waals surface area contributed by atoms with Crippen molar-refractivity contribution in [3.8, 4) is 11.5 Å². The first-order valence-electron chi connectivity index (χ1n) is 7.69. The Morgan fingerprint density at radius 2 is 2.00 bits per heavy atom. The van der Waals surface area contributed by atoms with E-state index in [1.807, 2.05) is 49.4 Å². The molecule has 2 aromatic rings. The van der Waals surface area contributed by atoms with Crippen LogP contribution in [0.4, 0.5) is 0 Å². The van der Waals surface area contributed by atoms with E-state index in [9.17, 15) is 4.79 Å². The van der Waals surface area contributed by atoms with E-state index in [-0.39, 0.29) is 11.9 Å². The maximum absolute atomic E-state index is 12.2. The average molecular weight is 364 g/mol. The second-order valence-electron chi connectivity index (χ2n) is 5.44. The molecule has 0 saturated heterocycles. The molecule has 6 heteroatoms. The fourth-order valence-electron chi connectivity index (χ4n) is 2.40. The molecule has 0 fully saturated rings. The molecule has 3 rings (SSSR count). The van der Waals surface area contributed by atoms with E-state index in [4.69, 9.17) is 21.1 Å². The van der Waals surface area contributed by atoms with Gasteiger partial charge in [0.15, 0.2) is 11.5 Å². The van der Waals surface area contributed by atoms with Gasteiger partial charge in [-0.2, -0.15) is 0 Å². The van der Waals surface area contributed by atoms with Gasteiger partial charge in [0.25, 0.3) is 0 Å². The van der Waals surface area contributed by atoms with Crippen LogP contribution in [0.2, 0.25) is 5.02 Å². The predicted octanol–water partition coefficient (Wildman–Crippen LogP) is 4.08. The summed E-state index contributed by atoms with van der Waals surface area (Å²) in [6.45, 7) is 3.07. The third-order valence-corrected chi connectivity index (χ3v) is 4.84. The molecule has 4 nitrogen and oxygen atoms in total. The number of fused-ring (bicyclic) bond motifs is 1. The Morgan fingerprint density at radius 1 is 1.21 bits per heavy atom. The number of amides is 1. The van der Waals surface area contributed by atoms with E-state index in [1.54, 1.807) is 0 Å². The van der Waals surface area contributed by atoms with Crippen molar-refractivity contribution < 1.29 is 14.3 Å². The minimum atomic E-state index is -0.0860. The average Bonchev–Trinajstić information content (AvgIpc) is 2.59. The molecule has 0 bridgehead atoms. The zero-order valence-corrected chi connectivity index (χ0v) is 14.8. The van der Waals surface area contributed by atoms with E-state index in [1.165, 1.54) is 11.8 Å². The number of thioether (sulfide) groups is 1. The van der Waals surface area contributed by atoms with Crippen LogP contribution in [0, 0.1) is 0 Å². The third-order valence-electron chi connectivity index (χ3n) is 3.61. The molecule has 0 spiro atoms. The number of halogens is 1. The molecule has 1 aliphatic heterocycles. The van der Waals surface area contributed by atoms with E-state index in [2.05, 4.69) is 5.32 Å². The number of ether oxygens (including phenoxy) is 2. The molecule has 1 N–H and O–H groups in total. The van der Waals surface area contributed by atoms with Crippen LogP contribution in [0.3, 0.4) is 0 Å². The molecule has 24 heavy (non-hydrogen) atoms. The summed E-state index contributed by atoms with van der Waals surface area (Å²) >= 11 is 7.45. The number of rotatable bonds is 5. The molecular formula is C18H18ClNO3S. The Balaban J connectivity index is 1.54. The quantitative estimate of drug-likeness (QED) is 0.813. The van der Waals surface area contributed by atoms with Crippen LogP contribution >= 0.6 is 23.4 Å². The van der Waals surface area contributed by atoms with Crippen LogP contribution in [-0.4, -0.2) is 24.9 Å². The smallest absolute Gasteiger partial charge is 0.230 e. The minimum Gasteiger partial charge on any atom is -0.486 e. The normalized spacial score (nSPS) is 14.1. The summed E-state index contributed by atoms with van der Waals surface area (Å²) in [6, 6.07) is 13.1. The summed E-state index contributed by atoms with van der Waals surface area (Å²) in [5.74, 6) is 1.80. The summed E-state index contributed by atoms with van der Waals surface area (Å²) in [5, 5.41) is 3.65. The molecule has 0 aliphatic carbocycles. The van der Waals surface area contributed by atoms with Crippen molar-refractivity contribution in [2.45, 2.75) is 17.9 Å². The van der Waals surface area contributed by atoms with Gasteiger partial charge in [-0.3, -0.25) is 4.79 Å². The standard InChI is InChI=1S/C18H18ClNO3S/c1-12(13-3-2-4-14(19)9-13)20-18(21)11-24-15-5-6-16-17(10-15)23-8-7-22-16/h2-6,9-10,12H,7-8,11H2,1H3,(H,20,21)/t12-/m0/s1. The first-order chi connectivity index (χ1) is 11.6. The summed E-state index contributed by atoms with van der Waals surface area (Å²) in [4.78, 5) is 13.1. The number of benzene rings is 2. The number of hydrogen-bond acceptors (Lipinski definition) is 4. The summed E-state index contributed by atoms with van der Waals surface area (Å²) in [7, 11) is 0. The van der Waals surface area contributed by atoms with E-state index >= 15 is 0 Å². The number of hydrogen-bond donors (Lipinski definition) is 1. The molecule has 0 saturated carbocycles. The summed E-state index contributed by atoms with van der Waals surface area (Å²) < 4.78 is 11.0. The van der Waals surface area contributed by atoms with Gasteiger partial charge in [-0.15, -0.1) is 11.8 Å². The molecule has 1 aliphatic rings. The summed E-state index contributed by atoms with van der Waals surface area (Å²) in [6.07, 6.45) is 0. The lowest BCUT2D eigenvalue weighted by atomic mass is 10.1. The Hall–Kier alpha value is -1.85. The highest BCUT2D eigenvalue weighted by Gasteiger charge is 2.14. The largest absolute Gasteiger partial charge is 0.486 e. The molecular weight excluding hydrogens is 346 g/mol. The molecule has 2 aromatic carbocycles. The van der Waals surface area contributed by atoms with Crippen LogP contribution in [0.5, 0.6) is 11.5 Å². The second-order valence-corrected chi connectivity index (χ2v) is 6.92. The molecule has 0 aromatic heterocycles. The predicted molar refractivity (Wildman–Crippen MR) is 96.2 cm³/mol. The van der Waals surface area contributed by atoms with Crippen LogP contribution < -0.4 is 14.8 Å². The zero-order chi connectivity index (χ0) is 16.9. The highest BCUT2D eigenvalue weighted by atomic mass is 35.5. The second kappa shape index (κ2) is 7.81. The molecule has 126 valence electrons. The Labute approximate surface area is 150 Å². The van der Waals surface area contributed by atoms with Crippen molar-refractivity contribution in [1.29, 1.82) is 0 Å². The molecule has 0 unspecified atom stereocenters. The van der Waals surface area contributed by atoms with Crippen molar-refractivity contribution in [2.75, 3.05) is 19.0 Å². The number of nitrogens with one attached hydrogen (secondary N) is 1. The topological polar surface area (TPSA) is 47.6 Å². The first-order valence-corrected chi connectivity index (χ1v) is 9.05. The van der Waals surface area contributed by atoms with Gasteiger partial charge < -0.3 is 14.8 Å². The van der Waals surface area contributed by atoms with Crippen LogP contribution in [0.25, 0.3) is 0 Å². The number of carbonyl (C=O) groups is 1. The Bertz CT molecular complexity index is 738. The lowest BCUT2D eigenvalue weighted by Gasteiger charge is -2.19. The minimum absolute atomic E-state index is 0.0256. The van der Waals surface area contributed by atoms with E-state index in [0.29, 0.717) is 24.0 Å². The van der Waals surface area contributed by atoms with Crippen LogP contribution in [0.15, 0.2) is 47.4 Å². The fraction of sp³-hybridized carbons (Fsp3) is 0.278. The SMILES string of the molecule is C[C@H](NC(=O)CSc1ccc2c(c1)OCCO2)c1cccc(Cl)c1. The van der Waals surface area contributed by atoms with Gasteiger partial charge in [-0.25, -0.2) is 0 Å². The van der Waals surface area contributed by atoms with Gasteiger partial charge in [0.2, 0.25) is 5.91 Å². The third kappa shape index (κ3) is 4.36. The van der Waals surface area contributed by atoms with Gasteiger partial charge in [0.1, 0.15) is 13.2 Å². The Morgan fingerprint density at radius 3 is 2.79 bits per heavy atom. The van der Waals surface area contributed by atoms with Crippen LogP contribution in [-0.2, 0) is 4.79 Å². The van der Waals surface area contributed by atoms with Crippen molar-refractivity contribution >= 4 is 29.3 Å². The first kappa shape index (κ1) is 17.0. The van der Waals surface area contributed by atoms with Gasteiger partial charge in [-0.1, -0.05) is 23.7 Å². The zero-order valence-electron chi connectivity index (χ0n) is 13.3. The van der Waals surface area contributed by atoms with Crippen LogP contribution in [0.1, 0.15) is 18.5 Å². The molecule has 1 amide bonds. The number of carbonyl (C=O) groups excluding carboxylic acids is 1. The Kier molecular flexibility index (Phi) is 5.53. The fourth-order valence-corrected chi connectivity index (χ4v) is 3.34. The van der Waals surface area contributed by atoms with Gasteiger partial charge in [0, 0.05) is 9.92 Å². The van der Waals surface area contributed by atoms with Crippen molar-refractivity contribution in [2.24, 2.45) is 0 Å². The molecule has 1 heterocycles. The highest BCUT2D eigenvalue weighted by Crippen LogP contribution is 2.34. The van der Waals surface area contributed by atoms with Crippen molar-refractivity contribution in [3.63, 3.8) is 0 Å². The van der Waals surface area contributed by atoms with Gasteiger partial charge >= 0.3 is 0 Å². The van der Waals surface area contributed by atoms with Gasteiger partial charge in [-0.05, 0) is 42.8 Å². The lowest BCUT2D eigenvalue weighted by molar-refractivity contribution is -0.119. The monoisotopic (exact) mass is 363 g/mol. The maximum Gasteiger partial charge on any atom is 0.230 e. The van der Waals surface area contributed by atoms with Crippen molar-refractivity contribution in [3.05, 3.63) is 53.1 Å². The van der Waals surface area contributed by atoms with E-state index in [0.717, 1.165) is 22.0 Å². The molecule has 1 atom stereocenters. The lowest BCUT2D eigenvalue weighted by Crippen LogP contribution is -2.28. The summed E-state index contributed by atoms with van der Waals surface area (Å²) in [5.41, 5.74) is 0.986. The maximum atomic E-state index is 12.2.